The number of allylic oxidation sites excluding steroid dienone is 3. The second-order valence-corrected chi connectivity index (χ2v) is 33.2. The molecule has 0 aromatic carbocycles. The van der Waals surface area contributed by atoms with Crippen LogP contribution >= 0.6 is 0 Å². The van der Waals surface area contributed by atoms with Gasteiger partial charge in [0.1, 0.15) is 67.1 Å². The standard InChI is InChI=1S/C89H166N2O21/c1-4-6-8-10-12-14-16-18-20-22-24-25-26-27-28-29-30-31-32-33-34-35-36-37-38-39-40-41-42-43-45-47-49-51-53-55-57-59-61-63-76(99)91-70(71(96)62-60-58-56-54-52-50-48-46-44-23-21-19-17-15-13-11-9-7-5-2)68-107-86-81(103)80(102)83(75(67-94)109-86)110-87-82(104)85(79(101)74(66-93)108-87)112-89(88(105)106)64-72(97)77(90-69(3)95)84(111-89)78(100)73(98)65-92/h33-34,60,62,70-75,77-87,92-94,96-98,100-104H,4-32,35-59,61,63-68H2,1-3H3,(H,90,95)(H,91,99)(H,105,106)/b34-33-,62-60+. The summed E-state index contributed by atoms with van der Waals surface area (Å²) in [5.74, 6) is -6.13. The summed E-state index contributed by atoms with van der Waals surface area (Å²) in [4.78, 5) is 38.8. The van der Waals surface area contributed by atoms with Gasteiger partial charge in [-0.25, -0.2) is 4.79 Å². The van der Waals surface area contributed by atoms with E-state index in [4.69, 9.17) is 28.4 Å². The number of rotatable bonds is 74. The van der Waals surface area contributed by atoms with Crippen molar-refractivity contribution in [3.63, 3.8) is 0 Å². The number of carbonyl (C=O) groups excluding carboxylic acids is 2. The molecule has 0 radical (unpaired) electrons. The molecule has 23 nitrogen and oxygen atoms in total. The summed E-state index contributed by atoms with van der Waals surface area (Å²) in [6.07, 6.45) is 49.6. The minimum absolute atomic E-state index is 0.204. The van der Waals surface area contributed by atoms with E-state index in [0.29, 0.717) is 12.8 Å². The van der Waals surface area contributed by atoms with Crippen LogP contribution in [-0.2, 0) is 42.8 Å². The molecular formula is C89H166N2O21. The van der Waals surface area contributed by atoms with Crippen molar-refractivity contribution >= 4 is 17.8 Å². The summed E-state index contributed by atoms with van der Waals surface area (Å²) in [5, 5.41) is 137. The molecule has 3 aliphatic heterocycles. The first kappa shape index (κ1) is 103. The molecule has 3 rings (SSSR count). The Morgan fingerprint density at radius 3 is 1.21 bits per heavy atom. The van der Waals surface area contributed by atoms with Gasteiger partial charge in [-0.2, -0.15) is 0 Å². The minimum atomic E-state index is -3.08. The van der Waals surface area contributed by atoms with Gasteiger partial charge < -0.3 is 100 Å². The molecule has 3 heterocycles. The van der Waals surface area contributed by atoms with Crippen molar-refractivity contribution in [1.82, 2.24) is 10.6 Å². The molecule has 0 saturated carbocycles. The largest absolute Gasteiger partial charge is 0.477 e. The van der Waals surface area contributed by atoms with Crippen molar-refractivity contribution in [2.75, 3.05) is 26.4 Å². The fraction of sp³-hybridized carbons (Fsp3) is 0.921. The van der Waals surface area contributed by atoms with Gasteiger partial charge in [0.15, 0.2) is 12.6 Å². The molecule has 112 heavy (non-hydrogen) atoms. The second-order valence-electron chi connectivity index (χ2n) is 33.2. The average molecular weight is 1600 g/mol. The van der Waals surface area contributed by atoms with E-state index in [1.165, 1.54) is 295 Å². The second kappa shape index (κ2) is 67.0. The SMILES string of the molecule is CCCCCCCCCCCCCCCCCCC/C=C/C(O)C(COC1OC(CO)C(OC2OC(CO)C(O)C(OC3(C(=O)O)CC(O)C(NC(C)=O)C(C(O)C(O)CO)O3)C2O)C(O)C1O)NC(=O)CCCCCCCCCCCCCCCCCCC/C=C\CCCCCCCCCCCCCCCCCCCC. The molecular weight excluding hydrogens is 1430 g/mol. The molecule has 3 fully saturated rings. The predicted molar refractivity (Wildman–Crippen MR) is 440 cm³/mol. The Kier molecular flexibility index (Phi) is 61.9. The van der Waals surface area contributed by atoms with E-state index in [-0.39, 0.29) is 12.3 Å². The van der Waals surface area contributed by atoms with E-state index >= 15 is 0 Å². The predicted octanol–water partition coefficient (Wildman–Crippen LogP) is 14.6. The van der Waals surface area contributed by atoms with E-state index < -0.39 is 155 Å². The van der Waals surface area contributed by atoms with Gasteiger partial charge >= 0.3 is 5.97 Å². The van der Waals surface area contributed by atoms with E-state index in [2.05, 4.69) is 36.6 Å². The minimum Gasteiger partial charge on any atom is -0.477 e. The van der Waals surface area contributed by atoms with Crippen LogP contribution < -0.4 is 10.6 Å². The van der Waals surface area contributed by atoms with Gasteiger partial charge in [0, 0.05) is 19.8 Å². The Bertz CT molecular complexity index is 2310. The van der Waals surface area contributed by atoms with Gasteiger partial charge in [0.05, 0.1) is 50.7 Å². The number of nitrogens with one attached hydrogen (secondary N) is 2. The molecule has 23 heteroatoms. The highest BCUT2D eigenvalue weighted by Crippen LogP contribution is 2.39. The van der Waals surface area contributed by atoms with Crippen molar-refractivity contribution in [2.24, 2.45) is 0 Å². The van der Waals surface area contributed by atoms with Crippen LogP contribution in [0.3, 0.4) is 0 Å². The van der Waals surface area contributed by atoms with Crippen LogP contribution in [0.5, 0.6) is 0 Å². The Labute approximate surface area is 676 Å². The molecule has 14 N–H and O–H groups in total. The molecule has 3 aliphatic rings. The Balaban J connectivity index is 1.40. The van der Waals surface area contributed by atoms with Crippen molar-refractivity contribution in [1.29, 1.82) is 0 Å². The highest BCUT2D eigenvalue weighted by molar-refractivity contribution is 5.77. The number of unbranched alkanes of at least 4 members (excludes halogenated alkanes) is 52. The zero-order valence-corrected chi connectivity index (χ0v) is 70.3. The number of aliphatic hydroxyl groups excluding tert-OH is 11. The average Bonchev–Trinajstić information content (AvgIpc) is 0.755. The zero-order valence-electron chi connectivity index (χ0n) is 70.3. The number of carboxylic acid groups (broad SMARTS) is 1. The number of aliphatic carboxylic acids is 1. The van der Waals surface area contributed by atoms with Crippen LogP contribution in [0.4, 0.5) is 0 Å². The number of hydrogen-bond acceptors (Lipinski definition) is 20. The van der Waals surface area contributed by atoms with Crippen LogP contribution in [0.1, 0.15) is 387 Å². The quantitative estimate of drug-likeness (QED) is 0.0199. The lowest BCUT2D eigenvalue weighted by atomic mass is 9.88. The lowest BCUT2D eigenvalue weighted by Crippen LogP contribution is -2.70. The lowest BCUT2D eigenvalue weighted by molar-refractivity contribution is -0.386. The Morgan fingerprint density at radius 2 is 0.839 bits per heavy atom. The fourth-order valence-electron chi connectivity index (χ4n) is 15.9. The molecule has 3 saturated heterocycles. The molecule has 2 amide bonds. The summed E-state index contributed by atoms with van der Waals surface area (Å²) < 4.78 is 35.0. The summed E-state index contributed by atoms with van der Waals surface area (Å²) in [6.45, 7) is 2.21. The monoisotopic (exact) mass is 1600 g/mol. The number of aliphatic hydroxyl groups is 11. The van der Waals surface area contributed by atoms with Crippen LogP contribution in [0, 0.1) is 0 Å². The molecule has 0 aliphatic carbocycles. The topological polar surface area (TPSA) is 373 Å². The summed E-state index contributed by atoms with van der Waals surface area (Å²) in [6, 6.07) is -2.62. The molecule has 0 aromatic rings. The van der Waals surface area contributed by atoms with Crippen LogP contribution in [0.2, 0.25) is 0 Å². The van der Waals surface area contributed by atoms with Crippen LogP contribution in [-0.4, -0.2) is 215 Å². The first-order valence-electron chi connectivity index (χ1n) is 45.7. The van der Waals surface area contributed by atoms with E-state index in [9.17, 15) is 75.7 Å². The molecule has 18 unspecified atom stereocenters. The first-order chi connectivity index (χ1) is 54.4. The molecule has 18 atom stereocenters. The molecule has 658 valence electrons. The third-order valence-electron chi connectivity index (χ3n) is 23.1. The molecule has 0 spiro atoms. The maximum atomic E-state index is 13.6. The third kappa shape index (κ3) is 45.4. The highest BCUT2D eigenvalue weighted by atomic mass is 16.8. The number of ether oxygens (including phenoxy) is 6. The number of hydrogen-bond donors (Lipinski definition) is 14. The van der Waals surface area contributed by atoms with Crippen molar-refractivity contribution < 1.29 is 104 Å². The van der Waals surface area contributed by atoms with Gasteiger partial charge in [0.2, 0.25) is 11.8 Å². The van der Waals surface area contributed by atoms with Crippen molar-refractivity contribution in [3.05, 3.63) is 24.3 Å². The van der Waals surface area contributed by atoms with Gasteiger partial charge in [-0.15, -0.1) is 0 Å². The normalized spacial score (nSPS) is 25.4. The third-order valence-corrected chi connectivity index (χ3v) is 23.1. The van der Waals surface area contributed by atoms with Crippen LogP contribution in [0.15, 0.2) is 24.3 Å². The molecule has 0 aromatic heterocycles. The zero-order chi connectivity index (χ0) is 81.7. The van der Waals surface area contributed by atoms with Crippen LogP contribution in [0.25, 0.3) is 0 Å². The number of carbonyl (C=O) groups is 3. The Hall–Kier alpha value is -2.79. The van der Waals surface area contributed by atoms with E-state index in [1.54, 1.807) is 6.08 Å². The van der Waals surface area contributed by atoms with Crippen molar-refractivity contribution in [2.45, 2.75) is 497 Å². The van der Waals surface area contributed by atoms with E-state index in [1.807, 2.05) is 6.08 Å². The number of carboxylic acids is 1. The first-order valence-corrected chi connectivity index (χ1v) is 45.7. The van der Waals surface area contributed by atoms with Crippen molar-refractivity contribution in [3.8, 4) is 0 Å². The maximum Gasteiger partial charge on any atom is 0.364 e. The summed E-state index contributed by atoms with van der Waals surface area (Å²) >= 11 is 0. The molecule has 0 bridgehead atoms. The van der Waals surface area contributed by atoms with Gasteiger partial charge in [-0.1, -0.05) is 346 Å². The van der Waals surface area contributed by atoms with Gasteiger partial charge in [-0.3, -0.25) is 9.59 Å². The Morgan fingerprint density at radius 1 is 0.464 bits per heavy atom. The van der Waals surface area contributed by atoms with E-state index in [0.717, 1.165) is 51.9 Å². The number of amides is 2. The summed E-state index contributed by atoms with van der Waals surface area (Å²) in [7, 11) is 0. The highest BCUT2D eigenvalue weighted by Gasteiger charge is 2.60. The van der Waals surface area contributed by atoms with Gasteiger partial charge in [0.25, 0.3) is 5.79 Å². The smallest absolute Gasteiger partial charge is 0.364 e. The van der Waals surface area contributed by atoms with Gasteiger partial charge in [-0.05, 0) is 44.9 Å². The summed E-state index contributed by atoms with van der Waals surface area (Å²) in [5.41, 5.74) is 0. The maximum absolute atomic E-state index is 13.6. The fourth-order valence-corrected chi connectivity index (χ4v) is 15.9. The lowest BCUT2D eigenvalue weighted by Gasteiger charge is -2.50.